The number of imidazole rings is 1. The molecular formula is C10H13N5O4. The first kappa shape index (κ1) is 13.3. The van der Waals surface area contributed by atoms with E-state index in [1.165, 1.54) is 17.2 Å². The first-order valence-electron chi connectivity index (χ1n) is 5.46. The summed E-state index contributed by atoms with van der Waals surface area (Å²) in [6.07, 6.45) is 1.15. The van der Waals surface area contributed by atoms with Crippen molar-refractivity contribution in [1.29, 1.82) is 0 Å². The van der Waals surface area contributed by atoms with E-state index in [0.29, 0.717) is 17.5 Å². The first-order valence-corrected chi connectivity index (χ1v) is 5.46. The van der Waals surface area contributed by atoms with Crippen LogP contribution in [0.4, 0.5) is 5.82 Å². The lowest BCUT2D eigenvalue weighted by Gasteiger charge is -2.19. The summed E-state index contributed by atoms with van der Waals surface area (Å²) in [6.45, 7) is -0.824. The second-order valence-electron chi connectivity index (χ2n) is 3.73. The van der Waals surface area contributed by atoms with E-state index in [1.54, 1.807) is 0 Å². The lowest BCUT2D eigenvalue weighted by molar-refractivity contribution is -0.135. The van der Waals surface area contributed by atoms with E-state index in [1.807, 2.05) is 0 Å². The third kappa shape index (κ3) is 2.52. The number of rotatable bonds is 6. The Kier molecular flexibility index (Phi) is 4.00. The number of nitrogens with two attached hydrogens (primary N) is 1. The average Bonchev–Trinajstić information content (AvgIpc) is 2.86. The number of hydrogen-bond donors (Lipinski definition) is 3. The van der Waals surface area contributed by atoms with E-state index >= 15 is 0 Å². The second kappa shape index (κ2) is 5.69. The van der Waals surface area contributed by atoms with Crippen LogP contribution >= 0.6 is 0 Å². The fourth-order valence-electron chi connectivity index (χ4n) is 1.56. The van der Waals surface area contributed by atoms with Crippen molar-refractivity contribution in [3.8, 4) is 0 Å². The largest absolute Gasteiger partial charge is 0.394 e. The van der Waals surface area contributed by atoms with Gasteiger partial charge >= 0.3 is 0 Å². The Morgan fingerprint density at radius 3 is 2.74 bits per heavy atom. The highest BCUT2D eigenvalue weighted by Gasteiger charge is 2.20. The molecule has 0 aliphatic carbocycles. The number of aliphatic hydroxyl groups is 2. The van der Waals surface area contributed by atoms with Gasteiger partial charge in [-0.15, -0.1) is 0 Å². The molecule has 2 rings (SSSR count). The molecule has 0 fully saturated rings. The van der Waals surface area contributed by atoms with Crippen molar-refractivity contribution >= 4 is 23.3 Å². The number of nitrogen functional groups attached to an aromatic ring is 1. The van der Waals surface area contributed by atoms with Crippen molar-refractivity contribution in [3.05, 3.63) is 12.7 Å². The standard InChI is InChI=1S/C10H13N5O4/c11-9-8-10(13-4-12-9)15(5-14-8)7(3-18)19-6(1-16)2-17/h3-7,16-17H,1-2H2,(H2,11,12,13)/t7-/m1/s1. The number of carbonyl (C=O) groups is 1. The summed E-state index contributed by atoms with van der Waals surface area (Å²) in [5.74, 6) is 0.189. The second-order valence-corrected chi connectivity index (χ2v) is 3.73. The van der Waals surface area contributed by atoms with Crippen LogP contribution in [0.1, 0.15) is 6.23 Å². The summed E-state index contributed by atoms with van der Waals surface area (Å²) in [5, 5.41) is 17.9. The topological polar surface area (TPSA) is 136 Å². The Morgan fingerprint density at radius 2 is 2.11 bits per heavy atom. The maximum absolute atomic E-state index is 11.1. The molecule has 0 amide bonds. The van der Waals surface area contributed by atoms with Crippen molar-refractivity contribution in [2.24, 2.45) is 0 Å². The minimum absolute atomic E-state index is 0.189. The maximum atomic E-state index is 11.1. The maximum Gasteiger partial charge on any atom is 0.193 e. The van der Waals surface area contributed by atoms with Gasteiger partial charge in [-0.25, -0.2) is 15.0 Å². The van der Waals surface area contributed by atoms with Gasteiger partial charge in [0.15, 0.2) is 24.0 Å². The number of hydrogen-bond acceptors (Lipinski definition) is 8. The molecule has 9 heteroatoms. The monoisotopic (exact) mass is 267 g/mol. The molecule has 0 aromatic carbocycles. The minimum Gasteiger partial charge on any atom is -0.394 e. The number of nitrogens with zero attached hydrogens (tertiary/aromatic N) is 4. The van der Waals surface area contributed by atoms with Crippen molar-refractivity contribution in [1.82, 2.24) is 19.5 Å². The molecule has 2 aromatic heterocycles. The predicted octanol–water partition coefficient (Wildman–Crippen LogP) is -1.52. The van der Waals surface area contributed by atoms with Crippen LogP contribution in [0.25, 0.3) is 11.2 Å². The lowest BCUT2D eigenvalue weighted by Crippen LogP contribution is -2.27. The zero-order valence-corrected chi connectivity index (χ0v) is 9.88. The van der Waals surface area contributed by atoms with Gasteiger partial charge in [0.25, 0.3) is 0 Å². The molecule has 0 bridgehead atoms. The van der Waals surface area contributed by atoms with Gasteiger partial charge in [-0.1, -0.05) is 0 Å². The molecular weight excluding hydrogens is 254 g/mol. The van der Waals surface area contributed by atoms with Crippen LogP contribution < -0.4 is 5.73 Å². The molecule has 1 atom stereocenters. The summed E-state index contributed by atoms with van der Waals surface area (Å²) >= 11 is 0. The molecule has 4 N–H and O–H groups in total. The molecule has 19 heavy (non-hydrogen) atoms. The van der Waals surface area contributed by atoms with Crippen LogP contribution in [-0.4, -0.2) is 55.3 Å². The SMILES string of the molecule is Nc1ncnc2c1ncn2[C@@H](C=O)OC(CO)CO. The molecule has 2 heterocycles. The zero-order valence-electron chi connectivity index (χ0n) is 9.88. The van der Waals surface area contributed by atoms with Crippen LogP contribution in [-0.2, 0) is 9.53 Å². The van der Waals surface area contributed by atoms with Gasteiger partial charge in [0.2, 0.25) is 0 Å². The Labute approximate surface area is 107 Å². The highest BCUT2D eigenvalue weighted by atomic mass is 16.5. The van der Waals surface area contributed by atoms with Crippen molar-refractivity contribution < 1.29 is 19.7 Å². The van der Waals surface area contributed by atoms with Crippen LogP contribution in [0.15, 0.2) is 12.7 Å². The minimum atomic E-state index is -1.07. The Morgan fingerprint density at radius 1 is 1.37 bits per heavy atom. The number of aromatic nitrogens is 4. The fraction of sp³-hybridized carbons (Fsp3) is 0.400. The molecule has 0 unspecified atom stereocenters. The Balaban J connectivity index is 2.36. The van der Waals surface area contributed by atoms with Gasteiger partial charge in [-0.05, 0) is 0 Å². The van der Waals surface area contributed by atoms with E-state index in [4.69, 9.17) is 20.7 Å². The summed E-state index contributed by atoms with van der Waals surface area (Å²) in [6, 6.07) is 0. The number of anilines is 1. The quantitative estimate of drug-likeness (QED) is 0.536. The highest BCUT2D eigenvalue weighted by Crippen LogP contribution is 2.19. The molecule has 0 saturated heterocycles. The van der Waals surface area contributed by atoms with Gasteiger partial charge in [0.1, 0.15) is 17.9 Å². The Bertz CT molecular complexity index is 568. The van der Waals surface area contributed by atoms with E-state index in [2.05, 4.69) is 15.0 Å². The van der Waals surface area contributed by atoms with Crippen molar-refractivity contribution in [3.63, 3.8) is 0 Å². The molecule has 2 aromatic rings. The van der Waals surface area contributed by atoms with Crippen LogP contribution in [0, 0.1) is 0 Å². The van der Waals surface area contributed by atoms with Crippen molar-refractivity contribution in [2.45, 2.75) is 12.3 Å². The van der Waals surface area contributed by atoms with Gasteiger partial charge in [0.05, 0.1) is 19.5 Å². The number of aldehydes is 1. The summed E-state index contributed by atoms with van der Waals surface area (Å²) in [4.78, 5) is 22.8. The summed E-state index contributed by atoms with van der Waals surface area (Å²) < 4.78 is 6.59. The number of aliphatic hydroxyl groups excluding tert-OH is 2. The van der Waals surface area contributed by atoms with Gasteiger partial charge in [-0.2, -0.15) is 0 Å². The van der Waals surface area contributed by atoms with Crippen LogP contribution in [0.5, 0.6) is 0 Å². The van der Waals surface area contributed by atoms with Crippen LogP contribution in [0.2, 0.25) is 0 Å². The molecule has 0 aliphatic heterocycles. The third-order valence-electron chi connectivity index (χ3n) is 2.52. The normalized spacial score (nSPS) is 13.0. The number of ether oxygens (including phenoxy) is 1. The fourth-order valence-corrected chi connectivity index (χ4v) is 1.56. The average molecular weight is 267 g/mol. The molecule has 0 radical (unpaired) electrons. The van der Waals surface area contributed by atoms with Gasteiger partial charge < -0.3 is 20.7 Å². The molecule has 102 valence electrons. The lowest BCUT2D eigenvalue weighted by atomic mass is 10.4. The smallest absolute Gasteiger partial charge is 0.193 e. The third-order valence-corrected chi connectivity index (χ3v) is 2.52. The molecule has 0 aliphatic rings. The van der Waals surface area contributed by atoms with E-state index in [0.717, 1.165) is 0 Å². The number of fused-ring (bicyclic) bond motifs is 1. The summed E-state index contributed by atoms with van der Waals surface area (Å²) in [5.41, 5.74) is 6.31. The number of carbonyl (C=O) groups excluding carboxylic acids is 1. The zero-order chi connectivity index (χ0) is 13.8. The summed E-state index contributed by atoms with van der Waals surface area (Å²) in [7, 11) is 0. The Hall–Kier alpha value is -2.10. The molecule has 9 nitrogen and oxygen atoms in total. The van der Waals surface area contributed by atoms with Gasteiger partial charge in [-0.3, -0.25) is 9.36 Å². The van der Waals surface area contributed by atoms with Gasteiger partial charge in [0, 0.05) is 0 Å². The van der Waals surface area contributed by atoms with E-state index < -0.39 is 25.5 Å². The molecule has 0 spiro atoms. The van der Waals surface area contributed by atoms with Crippen LogP contribution in [0.3, 0.4) is 0 Å². The molecule has 0 saturated carbocycles. The van der Waals surface area contributed by atoms with E-state index in [9.17, 15) is 4.79 Å². The first-order chi connectivity index (χ1) is 9.21. The van der Waals surface area contributed by atoms with Crippen molar-refractivity contribution in [2.75, 3.05) is 18.9 Å². The highest BCUT2D eigenvalue weighted by molar-refractivity contribution is 5.81. The predicted molar refractivity (Wildman–Crippen MR) is 63.9 cm³/mol. The van der Waals surface area contributed by atoms with E-state index in [-0.39, 0.29) is 5.82 Å².